The summed E-state index contributed by atoms with van der Waals surface area (Å²) in [5.41, 5.74) is 0.406. The van der Waals surface area contributed by atoms with Crippen LogP contribution in [0.15, 0.2) is 11.6 Å². The van der Waals surface area contributed by atoms with Crippen LogP contribution >= 0.6 is 0 Å². The van der Waals surface area contributed by atoms with Crippen molar-refractivity contribution in [3.63, 3.8) is 0 Å². The number of hydrogen-bond acceptors (Lipinski definition) is 2. The Morgan fingerprint density at radius 3 is 2.55 bits per heavy atom. The van der Waals surface area contributed by atoms with Crippen LogP contribution in [0.2, 0.25) is 0 Å². The van der Waals surface area contributed by atoms with Crippen LogP contribution in [0.5, 0.6) is 0 Å². The van der Waals surface area contributed by atoms with Gasteiger partial charge in [-0.2, -0.15) is 0 Å². The smallest absolute Gasteiger partial charge is 0.279 e. The third-order valence-corrected chi connectivity index (χ3v) is 1.89. The van der Waals surface area contributed by atoms with Crippen LogP contribution in [-0.2, 0) is 0 Å². The van der Waals surface area contributed by atoms with Gasteiger partial charge >= 0.3 is 0 Å². The van der Waals surface area contributed by atoms with Crippen molar-refractivity contribution in [2.45, 2.75) is 31.5 Å². The van der Waals surface area contributed by atoms with E-state index in [4.69, 9.17) is 10.2 Å². The van der Waals surface area contributed by atoms with Gasteiger partial charge in [0.25, 0.3) is 5.92 Å². The van der Waals surface area contributed by atoms with Gasteiger partial charge in [0.05, 0.1) is 0 Å². The highest BCUT2D eigenvalue weighted by Crippen LogP contribution is 2.32. The maximum Gasteiger partial charge on any atom is 0.279 e. The molecule has 2 N–H and O–H groups in total. The minimum atomic E-state index is -3.18. The molecule has 0 aromatic heterocycles. The summed E-state index contributed by atoms with van der Waals surface area (Å²) in [6.07, 6.45) is -2.61. The topological polar surface area (TPSA) is 40.5 Å². The first-order valence-corrected chi connectivity index (χ1v) is 3.36. The molecular weight excluding hydrogens is 154 g/mol. The van der Waals surface area contributed by atoms with Crippen LogP contribution in [-0.4, -0.2) is 28.3 Å². The van der Waals surface area contributed by atoms with Crippen LogP contribution in [0.4, 0.5) is 8.78 Å². The molecular formula is C7H10F2O2. The zero-order valence-corrected chi connectivity index (χ0v) is 6.09. The monoisotopic (exact) mass is 164 g/mol. The normalized spacial score (nSPS) is 36.6. The number of alkyl halides is 2. The molecule has 0 aromatic rings. The van der Waals surface area contributed by atoms with Crippen molar-refractivity contribution in [1.29, 1.82) is 0 Å². The highest BCUT2D eigenvalue weighted by atomic mass is 19.3. The van der Waals surface area contributed by atoms with E-state index >= 15 is 0 Å². The summed E-state index contributed by atoms with van der Waals surface area (Å²) in [6.45, 7) is 1.52. The zero-order valence-electron chi connectivity index (χ0n) is 6.09. The lowest BCUT2D eigenvalue weighted by molar-refractivity contribution is -0.147. The Kier molecular flexibility index (Phi) is 1.98. The summed E-state index contributed by atoms with van der Waals surface area (Å²) >= 11 is 0. The number of aliphatic hydroxyl groups is 2. The summed E-state index contributed by atoms with van der Waals surface area (Å²) in [7, 11) is 0. The molecule has 0 spiro atoms. The maximum atomic E-state index is 12.6. The first-order chi connectivity index (χ1) is 4.95. The molecule has 0 bridgehead atoms. The molecule has 2 nitrogen and oxygen atoms in total. The Hall–Kier alpha value is -0.480. The van der Waals surface area contributed by atoms with Crippen LogP contribution in [0.25, 0.3) is 0 Å². The second kappa shape index (κ2) is 2.53. The van der Waals surface area contributed by atoms with Gasteiger partial charge in [-0.1, -0.05) is 6.08 Å². The van der Waals surface area contributed by atoms with Crippen molar-refractivity contribution in [2.75, 3.05) is 0 Å². The zero-order chi connectivity index (χ0) is 8.65. The Bertz CT molecular complexity index is 189. The predicted molar refractivity (Wildman–Crippen MR) is 35.3 cm³/mol. The molecule has 1 aliphatic rings. The molecule has 1 aliphatic carbocycles. The van der Waals surface area contributed by atoms with E-state index in [0.29, 0.717) is 5.57 Å². The van der Waals surface area contributed by atoms with Gasteiger partial charge in [-0.3, -0.25) is 0 Å². The fraction of sp³-hybridized carbons (Fsp3) is 0.714. The van der Waals surface area contributed by atoms with Crippen LogP contribution in [0.3, 0.4) is 0 Å². The molecule has 1 rings (SSSR count). The molecule has 2 atom stereocenters. The molecule has 64 valence electrons. The molecule has 0 radical (unpaired) electrons. The van der Waals surface area contributed by atoms with Gasteiger partial charge in [-0.25, -0.2) is 8.78 Å². The predicted octanol–water partition coefficient (Wildman–Crippen LogP) is 0.694. The van der Waals surface area contributed by atoms with Crippen LogP contribution in [0.1, 0.15) is 13.3 Å². The summed E-state index contributed by atoms with van der Waals surface area (Å²) in [6, 6.07) is 0. The van der Waals surface area contributed by atoms with Crippen molar-refractivity contribution in [3.8, 4) is 0 Å². The van der Waals surface area contributed by atoms with Gasteiger partial charge in [-0.05, 0) is 12.5 Å². The number of aliphatic hydroxyl groups excluding tert-OH is 2. The lowest BCUT2D eigenvalue weighted by atomic mass is 9.92. The minimum Gasteiger partial charge on any atom is -0.386 e. The molecule has 0 saturated heterocycles. The fourth-order valence-electron chi connectivity index (χ4n) is 1.02. The largest absolute Gasteiger partial charge is 0.386 e. The van der Waals surface area contributed by atoms with Gasteiger partial charge in [0.1, 0.15) is 12.2 Å². The summed E-state index contributed by atoms with van der Waals surface area (Å²) in [5, 5.41) is 17.8. The van der Waals surface area contributed by atoms with E-state index in [2.05, 4.69) is 0 Å². The average Bonchev–Trinajstić information content (AvgIpc) is 1.95. The van der Waals surface area contributed by atoms with Crippen LogP contribution < -0.4 is 0 Å². The van der Waals surface area contributed by atoms with Crippen molar-refractivity contribution in [2.24, 2.45) is 0 Å². The number of halogens is 2. The molecule has 0 unspecified atom stereocenters. The van der Waals surface area contributed by atoms with Crippen molar-refractivity contribution < 1.29 is 19.0 Å². The quantitative estimate of drug-likeness (QED) is 0.517. The highest BCUT2D eigenvalue weighted by Gasteiger charge is 2.45. The summed E-state index contributed by atoms with van der Waals surface area (Å²) in [5.74, 6) is -3.18. The molecule has 0 aromatic carbocycles. The second-order valence-corrected chi connectivity index (χ2v) is 2.80. The number of rotatable bonds is 0. The van der Waals surface area contributed by atoms with Crippen molar-refractivity contribution in [1.82, 2.24) is 0 Å². The lowest BCUT2D eigenvalue weighted by Crippen LogP contribution is -2.45. The summed E-state index contributed by atoms with van der Waals surface area (Å²) in [4.78, 5) is 0. The molecule has 0 aliphatic heterocycles. The first kappa shape index (κ1) is 8.62. The van der Waals surface area contributed by atoms with Crippen LogP contribution in [0, 0.1) is 0 Å². The highest BCUT2D eigenvalue weighted by molar-refractivity contribution is 5.15. The Morgan fingerprint density at radius 2 is 2.09 bits per heavy atom. The van der Waals surface area contributed by atoms with E-state index in [-0.39, 0.29) is 0 Å². The standard InChI is InChI=1S/C7H10F2O2/c1-4-2-3-7(8,9)6(11)5(4)10/h2,5-6,10-11H,3H2,1H3/t5-,6-/m1/s1. The van der Waals surface area contributed by atoms with E-state index in [1.165, 1.54) is 13.0 Å². The number of hydrogen-bond donors (Lipinski definition) is 2. The Labute approximate surface area is 63.2 Å². The molecule has 4 heteroatoms. The third kappa shape index (κ3) is 1.41. The molecule has 11 heavy (non-hydrogen) atoms. The Balaban J connectivity index is 2.85. The molecule has 0 heterocycles. The number of allylic oxidation sites excluding steroid dienone is 1. The first-order valence-electron chi connectivity index (χ1n) is 3.36. The van der Waals surface area contributed by atoms with Crippen molar-refractivity contribution in [3.05, 3.63) is 11.6 Å². The molecule has 0 amide bonds. The van der Waals surface area contributed by atoms with E-state index in [1.807, 2.05) is 0 Å². The van der Waals surface area contributed by atoms with Gasteiger partial charge in [0.2, 0.25) is 0 Å². The lowest BCUT2D eigenvalue weighted by Gasteiger charge is -2.30. The van der Waals surface area contributed by atoms with Crippen molar-refractivity contribution >= 4 is 0 Å². The van der Waals surface area contributed by atoms with E-state index in [0.717, 1.165) is 0 Å². The molecule has 0 saturated carbocycles. The fourth-order valence-corrected chi connectivity index (χ4v) is 1.02. The average molecular weight is 164 g/mol. The van der Waals surface area contributed by atoms with Gasteiger partial charge in [-0.15, -0.1) is 0 Å². The van der Waals surface area contributed by atoms with Gasteiger partial charge in [0, 0.05) is 6.42 Å². The van der Waals surface area contributed by atoms with E-state index < -0.39 is 24.6 Å². The summed E-state index contributed by atoms with van der Waals surface area (Å²) < 4.78 is 25.1. The minimum absolute atomic E-state index is 0.406. The van der Waals surface area contributed by atoms with Gasteiger partial charge in [0.15, 0.2) is 0 Å². The Morgan fingerprint density at radius 1 is 1.55 bits per heavy atom. The van der Waals surface area contributed by atoms with E-state index in [1.54, 1.807) is 0 Å². The third-order valence-electron chi connectivity index (χ3n) is 1.89. The maximum absolute atomic E-state index is 12.6. The van der Waals surface area contributed by atoms with E-state index in [9.17, 15) is 8.78 Å². The SMILES string of the molecule is CC1=CCC(F)(F)[C@H](O)[C@@H]1O. The van der Waals surface area contributed by atoms with Gasteiger partial charge < -0.3 is 10.2 Å². The molecule has 0 fully saturated rings. The second-order valence-electron chi connectivity index (χ2n) is 2.80.